The van der Waals surface area contributed by atoms with Crippen LogP contribution in [0.25, 0.3) is 22.6 Å². The third-order valence-corrected chi connectivity index (χ3v) is 3.72. The largest absolute Gasteiger partial charge is 0.445 e. The molecule has 0 fully saturated rings. The summed E-state index contributed by atoms with van der Waals surface area (Å²) in [4.78, 5) is 15.6. The molecule has 3 aromatic rings. The van der Waals surface area contributed by atoms with Gasteiger partial charge in [-0.1, -0.05) is 25.1 Å². The first kappa shape index (κ1) is 15.0. The van der Waals surface area contributed by atoms with Crippen LogP contribution in [-0.2, 0) is 4.79 Å². The standard InChI is InChI=1S/C19H18N2O2/c1-3-18(22)21-16-8-6-14(7-9-16)17-12-15(5-4-13(17)2)19-20-10-11-23-19/h4-12H,3H2,1-2H3,(H,21,22). The van der Waals surface area contributed by atoms with Gasteiger partial charge in [-0.05, 0) is 47.9 Å². The predicted molar refractivity (Wildman–Crippen MR) is 91.0 cm³/mol. The van der Waals surface area contributed by atoms with E-state index in [4.69, 9.17) is 4.42 Å². The number of carbonyl (C=O) groups excluding carboxylic acids is 1. The second-order valence-corrected chi connectivity index (χ2v) is 5.35. The number of anilines is 1. The third kappa shape index (κ3) is 3.31. The molecule has 0 bridgehead atoms. The van der Waals surface area contributed by atoms with Gasteiger partial charge >= 0.3 is 0 Å². The van der Waals surface area contributed by atoms with Crippen molar-refractivity contribution in [2.45, 2.75) is 20.3 Å². The van der Waals surface area contributed by atoms with Gasteiger partial charge in [0.05, 0.1) is 6.20 Å². The van der Waals surface area contributed by atoms with Gasteiger partial charge in [-0.25, -0.2) is 4.98 Å². The van der Waals surface area contributed by atoms with Crippen LogP contribution in [0.4, 0.5) is 5.69 Å². The van der Waals surface area contributed by atoms with Crippen LogP contribution in [0, 0.1) is 6.92 Å². The van der Waals surface area contributed by atoms with Gasteiger partial charge in [0.1, 0.15) is 6.26 Å². The SMILES string of the molecule is CCC(=O)Nc1ccc(-c2cc(-c3ncco3)ccc2C)cc1. The first-order valence-electron chi connectivity index (χ1n) is 7.58. The van der Waals surface area contributed by atoms with E-state index in [1.54, 1.807) is 12.5 Å². The molecule has 23 heavy (non-hydrogen) atoms. The molecule has 1 N–H and O–H groups in total. The molecule has 1 heterocycles. The minimum atomic E-state index is 0.0137. The average Bonchev–Trinajstić information content (AvgIpc) is 3.10. The van der Waals surface area contributed by atoms with E-state index in [1.165, 1.54) is 5.56 Å². The Hall–Kier alpha value is -2.88. The number of oxazole rings is 1. The van der Waals surface area contributed by atoms with Crippen molar-refractivity contribution < 1.29 is 9.21 Å². The van der Waals surface area contributed by atoms with Crippen molar-refractivity contribution in [1.82, 2.24) is 4.98 Å². The fourth-order valence-corrected chi connectivity index (χ4v) is 2.41. The van der Waals surface area contributed by atoms with Crippen molar-refractivity contribution in [1.29, 1.82) is 0 Å². The number of aromatic nitrogens is 1. The van der Waals surface area contributed by atoms with E-state index in [1.807, 2.05) is 37.3 Å². The second-order valence-electron chi connectivity index (χ2n) is 5.35. The quantitative estimate of drug-likeness (QED) is 0.762. The van der Waals surface area contributed by atoms with Gasteiger partial charge < -0.3 is 9.73 Å². The van der Waals surface area contributed by atoms with E-state index in [2.05, 4.69) is 29.4 Å². The van der Waals surface area contributed by atoms with E-state index in [-0.39, 0.29) is 5.91 Å². The van der Waals surface area contributed by atoms with Crippen LogP contribution in [0.3, 0.4) is 0 Å². The number of nitrogens with one attached hydrogen (secondary N) is 1. The topological polar surface area (TPSA) is 55.1 Å². The molecule has 0 aliphatic carbocycles. The molecule has 1 aromatic heterocycles. The molecular weight excluding hydrogens is 288 g/mol. The Bertz CT molecular complexity index is 806. The third-order valence-electron chi connectivity index (χ3n) is 3.72. The minimum Gasteiger partial charge on any atom is -0.445 e. The number of hydrogen-bond acceptors (Lipinski definition) is 3. The van der Waals surface area contributed by atoms with Gasteiger partial charge in [-0.3, -0.25) is 4.79 Å². The van der Waals surface area contributed by atoms with Crippen molar-refractivity contribution in [3.05, 3.63) is 60.5 Å². The number of nitrogens with zero attached hydrogens (tertiary/aromatic N) is 1. The van der Waals surface area contributed by atoms with Crippen LogP contribution < -0.4 is 5.32 Å². The molecule has 3 rings (SSSR count). The Morgan fingerprint density at radius 3 is 2.52 bits per heavy atom. The maximum absolute atomic E-state index is 11.4. The molecule has 0 radical (unpaired) electrons. The number of benzene rings is 2. The molecule has 0 aliphatic heterocycles. The number of amides is 1. The lowest BCUT2D eigenvalue weighted by Crippen LogP contribution is -2.09. The zero-order valence-corrected chi connectivity index (χ0v) is 13.2. The van der Waals surface area contributed by atoms with Crippen molar-refractivity contribution in [2.75, 3.05) is 5.32 Å². The number of carbonyl (C=O) groups is 1. The first-order chi connectivity index (χ1) is 11.2. The van der Waals surface area contributed by atoms with Gasteiger partial charge in [0.15, 0.2) is 0 Å². The molecule has 0 atom stereocenters. The van der Waals surface area contributed by atoms with Crippen molar-refractivity contribution in [3.63, 3.8) is 0 Å². The number of rotatable bonds is 4. The van der Waals surface area contributed by atoms with Crippen LogP contribution in [-0.4, -0.2) is 10.9 Å². The average molecular weight is 306 g/mol. The smallest absolute Gasteiger partial charge is 0.225 e. The van der Waals surface area contributed by atoms with E-state index < -0.39 is 0 Å². The zero-order valence-electron chi connectivity index (χ0n) is 13.2. The lowest BCUT2D eigenvalue weighted by Gasteiger charge is -2.09. The first-order valence-corrected chi connectivity index (χ1v) is 7.58. The van der Waals surface area contributed by atoms with Crippen molar-refractivity contribution in [2.24, 2.45) is 0 Å². The van der Waals surface area contributed by atoms with E-state index in [0.29, 0.717) is 12.3 Å². The predicted octanol–water partition coefficient (Wildman–Crippen LogP) is 4.67. The monoisotopic (exact) mass is 306 g/mol. The lowest BCUT2D eigenvalue weighted by molar-refractivity contribution is -0.115. The van der Waals surface area contributed by atoms with Gasteiger partial charge in [0.25, 0.3) is 0 Å². The molecule has 1 amide bonds. The van der Waals surface area contributed by atoms with E-state index >= 15 is 0 Å². The highest BCUT2D eigenvalue weighted by Gasteiger charge is 2.08. The Labute approximate surface area is 135 Å². The highest BCUT2D eigenvalue weighted by Crippen LogP contribution is 2.29. The molecule has 4 nitrogen and oxygen atoms in total. The second kappa shape index (κ2) is 6.48. The van der Waals surface area contributed by atoms with Gasteiger partial charge in [-0.15, -0.1) is 0 Å². The minimum absolute atomic E-state index is 0.0137. The molecule has 0 unspecified atom stereocenters. The lowest BCUT2D eigenvalue weighted by atomic mass is 9.98. The fourth-order valence-electron chi connectivity index (χ4n) is 2.41. The summed E-state index contributed by atoms with van der Waals surface area (Å²) in [7, 11) is 0. The van der Waals surface area contributed by atoms with Crippen LogP contribution in [0.5, 0.6) is 0 Å². The Morgan fingerprint density at radius 2 is 1.87 bits per heavy atom. The zero-order chi connectivity index (χ0) is 16.2. The molecule has 2 aromatic carbocycles. The van der Waals surface area contributed by atoms with Crippen LogP contribution in [0.1, 0.15) is 18.9 Å². The Kier molecular flexibility index (Phi) is 4.24. The number of hydrogen-bond donors (Lipinski definition) is 1. The van der Waals surface area contributed by atoms with Crippen LogP contribution >= 0.6 is 0 Å². The van der Waals surface area contributed by atoms with E-state index in [0.717, 1.165) is 22.4 Å². The molecule has 0 saturated heterocycles. The molecule has 0 saturated carbocycles. The van der Waals surface area contributed by atoms with Crippen molar-refractivity contribution in [3.8, 4) is 22.6 Å². The summed E-state index contributed by atoms with van der Waals surface area (Å²) >= 11 is 0. The van der Waals surface area contributed by atoms with E-state index in [9.17, 15) is 4.79 Å². The molecule has 4 heteroatoms. The fraction of sp³-hybridized carbons (Fsp3) is 0.158. The summed E-state index contributed by atoms with van der Waals surface area (Å²) in [5.74, 6) is 0.623. The van der Waals surface area contributed by atoms with Crippen LogP contribution in [0.2, 0.25) is 0 Å². The maximum Gasteiger partial charge on any atom is 0.225 e. The van der Waals surface area contributed by atoms with Gasteiger partial charge in [0, 0.05) is 17.7 Å². The maximum atomic E-state index is 11.4. The summed E-state index contributed by atoms with van der Waals surface area (Å²) < 4.78 is 5.37. The normalized spacial score (nSPS) is 10.5. The summed E-state index contributed by atoms with van der Waals surface area (Å²) in [6.45, 7) is 3.91. The molecule has 116 valence electrons. The summed E-state index contributed by atoms with van der Waals surface area (Å²) in [6.07, 6.45) is 3.68. The summed E-state index contributed by atoms with van der Waals surface area (Å²) in [5.41, 5.74) is 5.13. The van der Waals surface area contributed by atoms with Crippen molar-refractivity contribution >= 4 is 11.6 Å². The van der Waals surface area contributed by atoms with Gasteiger partial charge in [-0.2, -0.15) is 0 Å². The highest BCUT2D eigenvalue weighted by molar-refractivity contribution is 5.90. The number of aryl methyl sites for hydroxylation is 1. The molecule has 0 aliphatic rings. The van der Waals surface area contributed by atoms with Gasteiger partial charge in [0.2, 0.25) is 11.8 Å². The summed E-state index contributed by atoms with van der Waals surface area (Å²) in [5, 5.41) is 2.85. The molecule has 0 spiro atoms. The Balaban J connectivity index is 1.92. The highest BCUT2D eigenvalue weighted by atomic mass is 16.3. The van der Waals surface area contributed by atoms with Crippen LogP contribution in [0.15, 0.2) is 59.3 Å². The molecular formula is C19H18N2O2. The Morgan fingerprint density at radius 1 is 1.13 bits per heavy atom. The summed E-state index contributed by atoms with van der Waals surface area (Å²) in [6, 6.07) is 14.0.